The van der Waals surface area contributed by atoms with Crippen molar-refractivity contribution in [2.75, 3.05) is 5.73 Å². The van der Waals surface area contributed by atoms with E-state index in [0.29, 0.717) is 11.3 Å². The highest BCUT2D eigenvalue weighted by molar-refractivity contribution is 5.73. The Kier molecular flexibility index (Phi) is 2.81. The molecule has 0 amide bonds. The van der Waals surface area contributed by atoms with Gasteiger partial charge in [-0.3, -0.25) is 9.78 Å². The van der Waals surface area contributed by atoms with Crippen LogP contribution in [0.1, 0.15) is 5.56 Å². The number of aliphatic carboxylic acids is 1. The molecule has 70 valence electrons. The fourth-order valence-electron chi connectivity index (χ4n) is 0.946. The zero-order chi connectivity index (χ0) is 9.84. The minimum atomic E-state index is -1.03. The van der Waals surface area contributed by atoms with E-state index in [1.807, 2.05) is 0 Å². The maximum absolute atomic E-state index is 10.4. The lowest BCUT2D eigenvalue weighted by atomic mass is 10.1. The van der Waals surface area contributed by atoms with Crippen molar-refractivity contribution in [3.05, 3.63) is 24.0 Å². The second kappa shape index (κ2) is 3.86. The highest BCUT2D eigenvalue weighted by atomic mass is 16.4. The van der Waals surface area contributed by atoms with Crippen LogP contribution < -0.4 is 11.5 Å². The summed E-state index contributed by atoms with van der Waals surface area (Å²) in [7, 11) is 0. The molecular formula is C8H11N3O2. The van der Waals surface area contributed by atoms with Crippen LogP contribution in [0.25, 0.3) is 0 Å². The first kappa shape index (κ1) is 9.47. The van der Waals surface area contributed by atoms with Gasteiger partial charge in [-0.05, 0) is 11.6 Å². The van der Waals surface area contributed by atoms with Gasteiger partial charge in [0, 0.05) is 12.6 Å². The average Bonchev–Trinajstić information content (AvgIpc) is 2.08. The Morgan fingerprint density at radius 2 is 2.38 bits per heavy atom. The van der Waals surface area contributed by atoms with Crippen LogP contribution in [0.2, 0.25) is 0 Å². The summed E-state index contributed by atoms with van der Waals surface area (Å²) in [5.74, 6) is -1.03. The number of carbonyl (C=O) groups is 1. The number of hydrogen-bond donors (Lipinski definition) is 3. The number of anilines is 1. The molecule has 5 N–H and O–H groups in total. The minimum absolute atomic E-state index is 0.226. The Labute approximate surface area is 75.4 Å². The molecule has 0 bridgehead atoms. The Balaban J connectivity index is 2.74. The molecule has 1 aromatic rings. The van der Waals surface area contributed by atoms with E-state index in [2.05, 4.69) is 4.98 Å². The Bertz CT molecular complexity index is 314. The number of nitrogens with two attached hydrogens (primary N) is 2. The molecule has 5 heteroatoms. The van der Waals surface area contributed by atoms with Crippen molar-refractivity contribution in [1.82, 2.24) is 4.98 Å². The van der Waals surface area contributed by atoms with E-state index in [4.69, 9.17) is 16.6 Å². The quantitative estimate of drug-likeness (QED) is 0.589. The zero-order valence-corrected chi connectivity index (χ0v) is 6.97. The van der Waals surface area contributed by atoms with Gasteiger partial charge < -0.3 is 16.6 Å². The van der Waals surface area contributed by atoms with Crippen LogP contribution in [0.5, 0.6) is 0 Å². The van der Waals surface area contributed by atoms with Crippen molar-refractivity contribution in [3.8, 4) is 0 Å². The van der Waals surface area contributed by atoms with E-state index in [0.717, 1.165) is 0 Å². The minimum Gasteiger partial charge on any atom is -0.480 e. The third kappa shape index (κ3) is 2.41. The molecule has 0 radical (unpaired) electrons. The van der Waals surface area contributed by atoms with Gasteiger partial charge in [0.15, 0.2) is 0 Å². The summed E-state index contributed by atoms with van der Waals surface area (Å²) in [5, 5.41) is 8.55. The first-order valence-electron chi connectivity index (χ1n) is 3.78. The molecule has 1 atom stereocenters. The van der Waals surface area contributed by atoms with Gasteiger partial charge in [-0.2, -0.15) is 0 Å². The van der Waals surface area contributed by atoms with Crippen molar-refractivity contribution < 1.29 is 9.90 Å². The lowest BCUT2D eigenvalue weighted by Crippen LogP contribution is -2.32. The number of rotatable bonds is 3. The molecular weight excluding hydrogens is 170 g/mol. The molecule has 0 aliphatic carbocycles. The van der Waals surface area contributed by atoms with Crippen LogP contribution in [-0.2, 0) is 11.2 Å². The predicted octanol–water partition coefficient (Wildman–Crippen LogP) is -0.382. The van der Waals surface area contributed by atoms with Gasteiger partial charge in [0.05, 0.1) is 11.9 Å². The molecule has 5 nitrogen and oxygen atoms in total. The summed E-state index contributed by atoms with van der Waals surface area (Å²) >= 11 is 0. The standard InChI is InChI=1S/C8H11N3O2/c9-6(8(12)13)3-5-1-2-11-4-7(5)10/h1-2,4,6H,3,9-10H2,(H,12,13). The topological polar surface area (TPSA) is 102 Å². The molecule has 1 aromatic heterocycles. The number of nitrogens with zero attached hydrogens (tertiary/aromatic N) is 1. The van der Waals surface area contributed by atoms with Crippen LogP contribution >= 0.6 is 0 Å². The summed E-state index contributed by atoms with van der Waals surface area (Å²) in [6.45, 7) is 0. The molecule has 0 fully saturated rings. The monoisotopic (exact) mass is 181 g/mol. The third-order valence-electron chi connectivity index (χ3n) is 1.70. The molecule has 1 heterocycles. The van der Waals surface area contributed by atoms with Crippen molar-refractivity contribution in [2.45, 2.75) is 12.5 Å². The molecule has 0 aliphatic rings. The van der Waals surface area contributed by atoms with Gasteiger partial charge in [-0.1, -0.05) is 0 Å². The van der Waals surface area contributed by atoms with Crippen LogP contribution in [0.4, 0.5) is 5.69 Å². The lowest BCUT2D eigenvalue weighted by Gasteiger charge is -2.07. The third-order valence-corrected chi connectivity index (χ3v) is 1.70. The van der Waals surface area contributed by atoms with Crippen LogP contribution in [0.15, 0.2) is 18.5 Å². The van der Waals surface area contributed by atoms with Crippen molar-refractivity contribution in [2.24, 2.45) is 5.73 Å². The van der Waals surface area contributed by atoms with Gasteiger partial charge in [-0.25, -0.2) is 0 Å². The summed E-state index contributed by atoms with van der Waals surface area (Å²) in [4.78, 5) is 14.2. The zero-order valence-electron chi connectivity index (χ0n) is 6.97. The van der Waals surface area contributed by atoms with E-state index in [-0.39, 0.29) is 6.42 Å². The number of carboxylic acid groups (broad SMARTS) is 1. The maximum atomic E-state index is 10.4. The molecule has 0 aliphatic heterocycles. The summed E-state index contributed by atoms with van der Waals surface area (Å²) in [5.41, 5.74) is 12.1. The second-order valence-electron chi connectivity index (χ2n) is 2.72. The summed E-state index contributed by atoms with van der Waals surface area (Å²) < 4.78 is 0. The fourth-order valence-corrected chi connectivity index (χ4v) is 0.946. The maximum Gasteiger partial charge on any atom is 0.320 e. The molecule has 0 saturated heterocycles. The van der Waals surface area contributed by atoms with E-state index in [1.54, 1.807) is 12.3 Å². The van der Waals surface area contributed by atoms with Crippen LogP contribution in [0.3, 0.4) is 0 Å². The smallest absolute Gasteiger partial charge is 0.320 e. The first-order chi connectivity index (χ1) is 6.11. The molecule has 0 spiro atoms. The second-order valence-corrected chi connectivity index (χ2v) is 2.72. The van der Waals surface area contributed by atoms with E-state index in [9.17, 15) is 4.79 Å². The van der Waals surface area contributed by atoms with E-state index < -0.39 is 12.0 Å². The lowest BCUT2D eigenvalue weighted by molar-refractivity contribution is -0.138. The fraction of sp³-hybridized carbons (Fsp3) is 0.250. The Morgan fingerprint density at radius 1 is 1.69 bits per heavy atom. The highest BCUT2D eigenvalue weighted by Crippen LogP contribution is 2.10. The van der Waals surface area contributed by atoms with E-state index in [1.165, 1.54) is 6.20 Å². The summed E-state index contributed by atoms with van der Waals surface area (Å²) in [6.07, 6.45) is 3.26. The number of pyridine rings is 1. The van der Waals surface area contributed by atoms with Gasteiger partial charge in [0.1, 0.15) is 6.04 Å². The SMILES string of the molecule is Nc1cnccc1CC(N)C(=O)O. The van der Waals surface area contributed by atoms with Gasteiger partial charge in [-0.15, -0.1) is 0 Å². The predicted molar refractivity (Wildman–Crippen MR) is 48.0 cm³/mol. The number of nitrogen functional groups attached to an aromatic ring is 1. The van der Waals surface area contributed by atoms with Crippen LogP contribution in [-0.4, -0.2) is 22.1 Å². The van der Waals surface area contributed by atoms with Gasteiger partial charge in [0.25, 0.3) is 0 Å². The van der Waals surface area contributed by atoms with E-state index >= 15 is 0 Å². The highest BCUT2D eigenvalue weighted by Gasteiger charge is 2.13. The van der Waals surface area contributed by atoms with Gasteiger partial charge >= 0.3 is 5.97 Å². The number of hydrogen-bond acceptors (Lipinski definition) is 4. The Hall–Kier alpha value is -1.62. The molecule has 0 saturated carbocycles. The van der Waals surface area contributed by atoms with Crippen LogP contribution in [0, 0.1) is 0 Å². The normalized spacial score (nSPS) is 12.4. The van der Waals surface area contributed by atoms with Crippen molar-refractivity contribution in [3.63, 3.8) is 0 Å². The average molecular weight is 181 g/mol. The number of carboxylic acids is 1. The van der Waals surface area contributed by atoms with Gasteiger partial charge in [0.2, 0.25) is 0 Å². The summed E-state index contributed by atoms with van der Waals surface area (Å²) in [6, 6.07) is 0.752. The Morgan fingerprint density at radius 3 is 2.92 bits per heavy atom. The molecule has 1 unspecified atom stereocenters. The first-order valence-corrected chi connectivity index (χ1v) is 3.78. The van der Waals surface area contributed by atoms with Crippen molar-refractivity contribution in [1.29, 1.82) is 0 Å². The molecule has 13 heavy (non-hydrogen) atoms. The number of aromatic nitrogens is 1. The van der Waals surface area contributed by atoms with Crippen molar-refractivity contribution >= 4 is 11.7 Å². The largest absolute Gasteiger partial charge is 0.480 e. The molecule has 1 rings (SSSR count). The molecule has 0 aromatic carbocycles.